The van der Waals surface area contributed by atoms with Gasteiger partial charge in [0.2, 0.25) is 5.95 Å². The Bertz CT molecular complexity index is 901. The highest BCUT2D eigenvalue weighted by Gasteiger charge is 2.10. The predicted octanol–water partition coefficient (Wildman–Crippen LogP) is 2.97. The van der Waals surface area contributed by atoms with E-state index in [9.17, 15) is 9.59 Å². The molecule has 0 aliphatic carbocycles. The molecule has 0 aliphatic heterocycles. The molecule has 126 valence electrons. The van der Waals surface area contributed by atoms with Crippen molar-refractivity contribution in [2.45, 2.75) is 13.8 Å². The second-order valence-electron chi connectivity index (χ2n) is 5.33. The molecular weight excluding hydrogens is 322 g/mol. The molecule has 0 saturated heterocycles. The van der Waals surface area contributed by atoms with Crippen LogP contribution in [0, 0.1) is 6.92 Å². The molecular formula is C17H15N5O3. The van der Waals surface area contributed by atoms with Crippen LogP contribution in [0.3, 0.4) is 0 Å². The van der Waals surface area contributed by atoms with Crippen LogP contribution in [0.25, 0.3) is 0 Å². The van der Waals surface area contributed by atoms with Gasteiger partial charge in [0, 0.05) is 29.7 Å². The van der Waals surface area contributed by atoms with Crippen molar-refractivity contribution in [1.29, 1.82) is 0 Å². The number of Topliss-reactive ketones (excluding diaryl/α,β-unsaturated/α-hetero) is 1. The van der Waals surface area contributed by atoms with Crippen LogP contribution in [0.1, 0.15) is 33.4 Å². The quantitative estimate of drug-likeness (QED) is 0.689. The Kier molecular flexibility index (Phi) is 4.51. The highest BCUT2D eigenvalue weighted by Crippen LogP contribution is 2.15. The average Bonchev–Trinajstić information content (AvgIpc) is 3.01. The number of benzene rings is 1. The van der Waals surface area contributed by atoms with Crippen molar-refractivity contribution in [1.82, 2.24) is 15.1 Å². The van der Waals surface area contributed by atoms with E-state index < -0.39 is 0 Å². The number of rotatable bonds is 5. The lowest BCUT2D eigenvalue weighted by molar-refractivity contribution is 0.101. The van der Waals surface area contributed by atoms with Crippen LogP contribution in [0.2, 0.25) is 0 Å². The fraction of sp³-hybridized carbons (Fsp3) is 0.118. The summed E-state index contributed by atoms with van der Waals surface area (Å²) >= 11 is 0. The number of aryl methyl sites for hydroxylation is 1. The van der Waals surface area contributed by atoms with Gasteiger partial charge >= 0.3 is 0 Å². The van der Waals surface area contributed by atoms with Gasteiger partial charge in [0.25, 0.3) is 5.91 Å². The number of nitrogens with zero attached hydrogens (tertiary/aromatic N) is 3. The van der Waals surface area contributed by atoms with Gasteiger partial charge in [-0.2, -0.15) is 0 Å². The third kappa shape index (κ3) is 4.05. The number of ketones is 1. The Morgan fingerprint density at radius 2 is 1.72 bits per heavy atom. The number of hydrogen-bond donors (Lipinski definition) is 2. The normalized spacial score (nSPS) is 10.3. The largest absolute Gasteiger partial charge is 0.360 e. The zero-order valence-corrected chi connectivity index (χ0v) is 13.6. The summed E-state index contributed by atoms with van der Waals surface area (Å²) in [7, 11) is 0. The summed E-state index contributed by atoms with van der Waals surface area (Å²) in [4.78, 5) is 31.5. The van der Waals surface area contributed by atoms with Gasteiger partial charge in [-0.3, -0.25) is 9.59 Å². The monoisotopic (exact) mass is 337 g/mol. The summed E-state index contributed by atoms with van der Waals surface area (Å²) in [6.45, 7) is 3.24. The van der Waals surface area contributed by atoms with Gasteiger partial charge in [-0.1, -0.05) is 5.16 Å². The number of aromatic nitrogens is 3. The number of nitrogens with one attached hydrogen (secondary N) is 2. The maximum Gasteiger partial charge on any atom is 0.260 e. The second-order valence-corrected chi connectivity index (χ2v) is 5.33. The summed E-state index contributed by atoms with van der Waals surface area (Å²) in [5.74, 6) is 0.882. The van der Waals surface area contributed by atoms with Crippen LogP contribution in [0.5, 0.6) is 0 Å². The third-order valence-corrected chi connectivity index (χ3v) is 3.33. The van der Waals surface area contributed by atoms with E-state index in [-0.39, 0.29) is 17.3 Å². The molecule has 0 saturated carbocycles. The van der Waals surface area contributed by atoms with E-state index in [0.29, 0.717) is 23.1 Å². The first kappa shape index (κ1) is 16.3. The fourth-order valence-electron chi connectivity index (χ4n) is 2.04. The molecule has 8 nitrogen and oxygen atoms in total. The zero-order chi connectivity index (χ0) is 17.8. The van der Waals surface area contributed by atoms with Crippen molar-refractivity contribution in [3.63, 3.8) is 0 Å². The Morgan fingerprint density at radius 3 is 2.28 bits per heavy atom. The van der Waals surface area contributed by atoms with E-state index in [2.05, 4.69) is 25.8 Å². The molecule has 0 spiro atoms. The highest BCUT2D eigenvalue weighted by atomic mass is 16.5. The molecule has 0 aliphatic rings. The Hall–Kier alpha value is -3.55. The van der Waals surface area contributed by atoms with Crippen molar-refractivity contribution in [2.24, 2.45) is 0 Å². The lowest BCUT2D eigenvalue weighted by atomic mass is 10.1. The molecule has 0 radical (unpaired) electrons. The standard InChI is InChI=1S/C17H15N5O3/c1-10-7-15(22-25-10)21-16(24)13-8-18-17(19-9-13)20-14-5-3-12(4-6-14)11(2)23/h3-9H,1-2H3,(H,18,19,20)(H,21,22,24). The molecule has 1 aromatic carbocycles. The first-order valence-corrected chi connectivity index (χ1v) is 7.46. The smallest absolute Gasteiger partial charge is 0.260 e. The van der Waals surface area contributed by atoms with Crippen LogP contribution in [-0.2, 0) is 0 Å². The van der Waals surface area contributed by atoms with Crippen molar-refractivity contribution in [3.05, 3.63) is 59.6 Å². The van der Waals surface area contributed by atoms with Crippen LogP contribution >= 0.6 is 0 Å². The maximum absolute atomic E-state index is 12.1. The zero-order valence-electron chi connectivity index (χ0n) is 13.6. The van der Waals surface area contributed by atoms with Crippen molar-refractivity contribution >= 4 is 29.1 Å². The molecule has 2 N–H and O–H groups in total. The summed E-state index contributed by atoms with van der Waals surface area (Å²) in [6, 6.07) is 8.55. The summed E-state index contributed by atoms with van der Waals surface area (Å²) in [5.41, 5.74) is 1.65. The van der Waals surface area contributed by atoms with Gasteiger partial charge in [-0.15, -0.1) is 0 Å². The van der Waals surface area contributed by atoms with Gasteiger partial charge in [-0.25, -0.2) is 9.97 Å². The Balaban J connectivity index is 1.65. The van der Waals surface area contributed by atoms with Gasteiger partial charge in [-0.05, 0) is 38.1 Å². The topological polar surface area (TPSA) is 110 Å². The first-order valence-electron chi connectivity index (χ1n) is 7.46. The van der Waals surface area contributed by atoms with Gasteiger partial charge in [0.05, 0.1) is 5.56 Å². The minimum absolute atomic E-state index is 0.000436. The number of anilines is 3. The third-order valence-electron chi connectivity index (χ3n) is 3.33. The fourth-order valence-corrected chi connectivity index (χ4v) is 2.04. The molecule has 3 aromatic rings. The Morgan fingerprint density at radius 1 is 1.04 bits per heavy atom. The molecule has 25 heavy (non-hydrogen) atoms. The van der Waals surface area contributed by atoms with Gasteiger partial charge in [0.1, 0.15) is 5.76 Å². The van der Waals surface area contributed by atoms with Crippen LogP contribution in [0.15, 0.2) is 47.2 Å². The van der Waals surface area contributed by atoms with E-state index in [1.807, 2.05) is 0 Å². The average molecular weight is 337 g/mol. The molecule has 0 unspecified atom stereocenters. The van der Waals surface area contributed by atoms with Crippen LogP contribution < -0.4 is 10.6 Å². The van der Waals surface area contributed by atoms with Crippen molar-refractivity contribution < 1.29 is 14.1 Å². The summed E-state index contributed by atoms with van der Waals surface area (Å²) < 4.78 is 4.88. The van der Waals surface area contributed by atoms with E-state index in [1.165, 1.54) is 19.3 Å². The Labute approximate surface area is 143 Å². The van der Waals surface area contributed by atoms with Gasteiger partial charge in [0.15, 0.2) is 11.6 Å². The predicted molar refractivity (Wildman–Crippen MR) is 91.0 cm³/mol. The number of amides is 1. The van der Waals surface area contributed by atoms with E-state index >= 15 is 0 Å². The first-order chi connectivity index (χ1) is 12.0. The minimum atomic E-state index is -0.384. The molecule has 1 amide bonds. The van der Waals surface area contributed by atoms with Gasteiger partial charge < -0.3 is 15.2 Å². The number of carbonyl (C=O) groups excluding carboxylic acids is 2. The van der Waals surface area contributed by atoms with Crippen molar-refractivity contribution in [3.8, 4) is 0 Å². The number of carbonyl (C=O) groups is 2. The van der Waals surface area contributed by atoms with E-state index in [0.717, 1.165) is 5.69 Å². The molecule has 3 rings (SSSR count). The number of hydrogen-bond acceptors (Lipinski definition) is 7. The molecule has 0 fully saturated rings. The van der Waals surface area contributed by atoms with Crippen LogP contribution in [0.4, 0.5) is 17.5 Å². The lowest BCUT2D eigenvalue weighted by Crippen LogP contribution is -2.13. The van der Waals surface area contributed by atoms with Crippen molar-refractivity contribution in [2.75, 3.05) is 10.6 Å². The summed E-state index contributed by atoms with van der Waals surface area (Å²) in [6.07, 6.45) is 2.81. The van der Waals surface area contributed by atoms with Crippen LogP contribution in [-0.4, -0.2) is 26.8 Å². The molecule has 0 bridgehead atoms. The maximum atomic E-state index is 12.1. The lowest BCUT2D eigenvalue weighted by Gasteiger charge is -2.06. The SMILES string of the molecule is CC(=O)c1ccc(Nc2ncc(C(=O)Nc3cc(C)on3)cn2)cc1. The minimum Gasteiger partial charge on any atom is -0.360 e. The summed E-state index contributed by atoms with van der Waals surface area (Å²) in [5, 5.41) is 9.28. The van der Waals surface area contributed by atoms with E-state index in [4.69, 9.17) is 4.52 Å². The highest BCUT2D eigenvalue weighted by molar-refractivity contribution is 6.03. The second kappa shape index (κ2) is 6.91. The molecule has 2 heterocycles. The molecule has 8 heteroatoms. The molecule has 2 aromatic heterocycles. The molecule has 0 atom stereocenters. The van der Waals surface area contributed by atoms with E-state index in [1.54, 1.807) is 37.3 Å².